The molecule has 0 saturated heterocycles. The first-order valence-corrected chi connectivity index (χ1v) is 5.97. The number of anilines is 1. The molecular weight excluding hydrogens is 232 g/mol. The van der Waals surface area contributed by atoms with Gasteiger partial charge in [0.05, 0.1) is 12.6 Å². The molecule has 0 saturated carbocycles. The molecule has 0 bridgehead atoms. The predicted molar refractivity (Wildman–Crippen MR) is 67.6 cm³/mol. The summed E-state index contributed by atoms with van der Waals surface area (Å²) in [5.74, 6) is -0.117. The summed E-state index contributed by atoms with van der Waals surface area (Å²) in [5, 5.41) is 16.1. The van der Waals surface area contributed by atoms with Crippen molar-refractivity contribution in [3.63, 3.8) is 0 Å². The van der Waals surface area contributed by atoms with Crippen molar-refractivity contribution in [2.45, 2.75) is 32.2 Å². The molecule has 2 heterocycles. The van der Waals surface area contributed by atoms with Gasteiger partial charge in [-0.25, -0.2) is 9.50 Å². The first-order valence-electron chi connectivity index (χ1n) is 5.97. The smallest absolute Gasteiger partial charge is 0.305 e. The quantitative estimate of drug-likeness (QED) is 0.814. The molecular formula is C12H16N4O2. The largest absolute Gasteiger partial charge is 0.481 e. The highest BCUT2D eigenvalue weighted by molar-refractivity contribution is 5.68. The highest BCUT2D eigenvalue weighted by Gasteiger charge is 2.12. The number of nitrogens with zero attached hydrogens (tertiary/aromatic N) is 3. The lowest BCUT2D eigenvalue weighted by Gasteiger charge is -2.16. The summed E-state index contributed by atoms with van der Waals surface area (Å²) in [7, 11) is 0. The fourth-order valence-corrected chi connectivity index (χ4v) is 1.89. The second-order valence-corrected chi connectivity index (χ2v) is 4.17. The molecule has 1 atom stereocenters. The molecule has 2 aromatic rings. The monoisotopic (exact) mass is 248 g/mol. The van der Waals surface area contributed by atoms with Crippen LogP contribution in [0.25, 0.3) is 5.65 Å². The molecule has 6 nitrogen and oxygen atoms in total. The zero-order valence-electron chi connectivity index (χ0n) is 10.2. The van der Waals surface area contributed by atoms with E-state index in [9.17, 15) is 4.79 Å². The van der Waals surface area contributed by atoms with E-state index in [0.717, 1.165) is 18.5 Å². The van der Waals surface area contributed by atoms with Crippen LogP contribution in [0.3, 0.4) is 0 Å². The molecule has 2 rings (SSSR count). The Kier molecular flexibility index (Phi) is 3.76. The molecule has 0 amide bonds. The summed E-state index contributed by atoms with van der Waals surface area (Å²) >= 11 is 0. The lowest BCUT2D eigenvalue weighted by molar-refractivity contribution is -0.137. The van der Waals surface area contributed by atoms with E-state index in [-0.39, 0.29) is 12.5 Å². The fraction of sp³-hybridized carbons (Fsp3) is 0.417. The number of hydrogen-bond acceptors (Lipinski definition) is 4. The zero-order valence-corrected chi connectivity index (χ0v) is 10.2. The highest BCUT2D eigenvalue weighted by atomic mass is 16.4. The third-order valence-electron chi connectivity index (χ3n) is 2.67. The third kappa shape index (κ3) is 2.97. The summed E-state index contributed by atoms with van der Waals surface area (Å²) in [5.41, 5.74) is 0.741. The van der Waals surface area contributed by atoms with Crippen molar-refractivity contribution in [1.29, 1.82) is 0 Å². The van der Waals surface area contributed by atoms with Crippen molar-refractivity contribution in [3.8, 4) is 0 Å². The number of carboxylic acids is 1. The Balaban J connectivity index is 2.11. The summed E-state index contributed by atoms with van der Waals surface area (Å²) in [6, 6.07) is 3.51. The van der Waals surface area contributed by atoms with Crippen LogP contribution >= 0.6 is 0 Å². The van der Waals surface area contributed by atoms with Crippen LogP contribution in [0.15, 0.2) is 24.5 Å². The molecule has 0 aliphatic carbocycles. The van der Waals surface area contributed by atoms with Crippen LogP contribution in [-0.4, -0.2) is 31.7 Å². The van der Waals surface area contributed by atoms with E-state index in [4.69, 9.17) is 5.11 Å². The lowest BCUT2D eigenvalue weighted by Crippen LogP contribution is -2.23. The number of fused-ring (bicyclic) bond motifs is 1. The molecule has 2 aromatic heterocycles. The molecule has 0 fully saturated rings. The average molecular weight is 248 g/mol. The van der Waals surface area contributed by atoms with Gasteiger partial charge in [0, 0.05) is 18.3 Å². The van der Waals surface area contributed by atoms with Crippen LogP contribution in [0.5, 0.6) is 0 Å². The van der Waals surface area contributed by atoms with Gasteiger partial charge >= 0.3 is 5.97 Å². The molecule has 18 heavy (non-hydrogen) atoms. The maximum atomic E-state index is 10.8. The van der Waals surface area contributed by atoms with Gasteiger partial charge in [-0.1, -0.05) is 13.3 Å². The Hall–Kier alpha value is -2.11. The van der Waals surface area contributed by atoms with Crippen molar-refractivity contribution >= 4 is 17.4 Å². The normalized spacial score (nSPS) is 12.5. The van der Waals surface area contributed by atoms with Crippen molar-refractivity contribution in [2.75, 3.05) is 5.32 Å². The van der Waals surface area contributed by atoms with Crippen LogP contribution in [0, 0.1) is 0 Å². The lowest BCUT2D eigenvalue weighted by atomic mass is 10.1. The number of nitrogens with one attached hydrogen (secondary N) is 1. The second-order valence-electron chi connectivity index (χ2n) is 4.17. The van der Waals surface area contributed by atoms with Gasteiger partial charge in [0.15, 0.2) is 5.65 Å². The van der Waals surface area contributed by atoms with Gasteiger partial charge in [0.25, 0.3) is 0 Å². The molecule has 1 unspecified atom stereocenters. The number of carbonyl (C=O) groups is 1. The molecule has 0 aliphatic rings. The Morgan fingerprint density at radius 3 is 3.11 bits per heavy atom. The van der Waals surface area contributed by atoms with Gasteiger partial charge < -0.3 is 10.4 Å². The first kappa shape index (κ1) is 12.3. The molecule has 0 aromatic carbocycles. The minimum Gasteiger partial charge on any atom is -0.481 e. The fourth-order valence-electron chi connectivity index (χ4n) is 1.89. The summed E-state index contributed by atoms with van der Waals surface area (Å²) < 4.78 is 1.66. The van der Waals surface area contributed by atoms with Crippen LogP contribution < -0.4 is 5.32 Å². The number of aromatic nitrogens is 3. The third-order valence-corrected chi connectivity index (χ3v) is 2.67. The SMILES string of the molecule is CCCC(CC(=O)O)Nc1ccn2nccc2n1. The van der Waals surface area contributed by atoms with Gasteiger partial charge in [0.1, 0.15) is 5.82 Å². The van der Waals surface area contributed by atoms with Crippen molar-refractivity contribution < 1.29 is 9.90 Å². The van der Waals surface area contributed by atoms with Crippen molar-refractivity contribution in [3.05, 3.63) is 24.5 Å². The van der Waals surface area contributed by atoms with Gasteiger partial charge in [-0.2, -0.15) is 5.10 Å². The molecule has 6 heteroatoms. The minimum atomic E-state index is -0.800. The van der Waals surface area contributed by atoms with E-state index in [1.54, 1.807) is 29.0 Å². The molecule has 0 radical (unpaired) electrons. The van der Waals surface area contributed by atoms with E-state index in [1.807, 2.05) is 6.92 Å². The molecule has 96 valence electrons. The summed E-state index contributed by atoms with van der Waals surface area (Å²) in [6.45, 7) is 2.03. The zero-order chi connectivity index (χ0) is 13.0. The van der Waals surface area contributed by atoms with E-state index >= 15 is 0 Å². The molecule has 0 aliphatic heterocycles. The van der Waals surface area contributed by atoms with Crippen molar-refractivity contribution in [2.24, 2.45) is 0 Å². The number of carboxylic acid groups (broad SMARTS) is 1. The van der Waals surface area contributed by atoms with Gasteiger partial charge in [0.2, 0.25) is 0 Å². The Bertz CT molecular complexity index is 538. The topological polar surface area (TPSA) is 79.5 Å². The van der Waals surface area contributed by atoms with Gasteiger partial charge in [-0.05, 0) is 12.5 Å². The van der Waals surface area contributed by atoms with E-state index in [0.29, 0.717) is 5.82 Å². The average Bonchev–Trinajstić information content (AvgIpc) is 2.75. The van der Waals surface area contributed by atoms with E-state index in [1.165, 1.54) is 0 Å². The van der Waals surface area contributed by atoms with Crippen LogP contribution in [0.1, 0.15) is 26.2 Å². The number of hydrogen-bond donors (Lipinski definition) is 2. The van der Waals surface area contributed by atoms with Crippen LogP contribution in [-0.2, 0) is 4.79 Å². The molecule has 0 spiro atoms. The summed E-state index contributed by atoms with van der Waals surface area (Å²) in [6.07, 6.45) is 5.31. The first-order chi connectivity index (χ1) is 8.69. The second kappa shape index (κ2) is 5.48. The number of rotatable bonds is 6. The maximum Gasteiger partial charge on any atom is 0.305 e. The standard InChI is InChI=1S/C12H16N4O2/c1-2-3-9(8-12(17)18)14-10-5-7-16-11(15-10)4-6-13-16/h4-7,9H,2-3,8H2,1H3,(H,14,15)(H,17,18). The van der Waals surface area contributed by atoms with E-state index < -0.39 is 5.97 Å². The van der Waals surface area contributed by atoms with Crippen LogP contribution in [0.2, 0.25) is 0 Å². The Morgan fingerprint density at radius 1 is 1.56 bits per heavy atom. The highest BCUT2D eigenvalue weighted by Crippen LogP contribution is 2.12. The van der Waals surface area contributed by atoms with Crippen molar-refractivity contribution in [1.82, 2.24) is 14.6 Å². The Morgan fingerprint density at radius 2 is 2.39 bits per heavy atom. The predicted octanol–water partition coefficient (Wildman–Crippen LogP) is 1.78. The van der Waals surface area contributed by atoms with E-state index in [2.05, 4.69) is 15.4 Å². The van der Waals surface area contributed by atoms with Gasteiger partial charge in [-0.3, -0.25) is 4.79 Å². The van der Waals surface area contributed by atoms with Gasteiger partial charge in [-0.15, -0.1) is 0 Å². The van der Waals surface area contributed by atoms with Crippen LogP contribution in [0.4, 0.5) is 5.82 Å². The molecule has 2 N–H and O–H groups in total. The minimum absolute atomic E-state index is 0.0922. The summed E-state index contributed by atoms with van der Waals surface area (Å²) in [4.78, 5) is 15.1. The maximum absolute atomic E-state index is 10.8. The number of aliphatic carboxylic acids is 1. The Labute approximate surface area is 105 Å².